The number of rotatable bonds is 4. The Morgan fingerprint density at radius 3 is 3.14 bits per heavy atom. The zero-order valence-corrected chi connectivity index (χ0v) is 8.53. The molecule has 0 aliphatic heterocycles. The Hall–Kier alpha value is -1.25. The SMILES string of the molecule is CCCC1CC1Nc1cccc(N)n1. The smallest absolute Gasteiger partial charge is 0.128 e. The number of nitrogen functional groups attached to an aromatic ring is 1. The first-order chi connectivity index (χ1) is 6.79. The Kier molecular flexibility index (Phi) is 2.57. The molecule has 0 bridgehead atoms. The number of nitrogens with zero attached hydrogens (tertiary/aromatic N) is 1. The molecule has 14 heavy (non-hydrogen) atoms. The van der Waals surface area contributed by atoms with E-state index in [1.807, 2.05) is 18.2 Å². The monoisotopic (exact) mass is 191 g/mol. The van der Waals surface area contributed by atoms with Crippen LogP contribution in [0.4, 0.5) is 11.6 Å². The first-order valence-electron chi connectivity index (χ1n) is 5.28. The highest BCUT2D eigenvalue weighted by atomic mass is 15.1. The van der Waals surface area contributed by atoms with Crippen LogP contribution >= 0.6 is 0 Å². The zero-order valence-electron chi connectivity index (χ0n) is 8.53. The quantitative estimate of drug-likeness (QED) is 0.767. The minimum Gasteiger partial charge on any atom is -0.384 e. The second-order valence-electron chi connectivity index (χ2n) is 3.98. The number of hydrogen-bond donors (Lipinski definition) is 2. The third-order valence-corrected chi connectivity index (χ3v) is 2.69. The number of nitrogens with one attached hydrogen (secondary N) is 1. The highest BCUT2D eigenvalue weighted by molar-refractivity contribution is 5.44. The van der Waals surface area contributed by atoms with Gasteiger partial charge < -0.3 is 11.1 Å². The average molecular weight is 191 g/mol. The van der Waals surface area contributed by atoms with Crippen molar-refractivity contribution < 1.29 is 0 Å². The summed E-state index contributed by atoms with van der Waals surface area (Å²) < 4.78 is 0. The summed E-state index contributed by atoms with van der Waals surface area (Å²) in [6.45, 7) is 2.23. The predicted molar refractivity (Wildman–Crippen MR) is 59.1 cm³/mol. The summed E-state index contributed by atoms with van der Waals surface area (Å²) in [5.41, 5.74) is 5.60. The zero-order chi connectivity index (χ0) is 9.97. The molecular formula is C11H17N3. The Bertz CT molecular complexity index is 311. The lowest BCUT2D eigenvalue weighted by molar-refractivity contribution is 0.692. The molecule has 0 amide bonds. The Morgan fingerprint density at radius 1 is 1.57 bits per heavy atom. The molecule has 2 unspecified atom stereocenters. The molecule has 76 valence electrons. The first-order valence-corrected chi connectivity index (χ1v) is 5.28. The van der Waals surface area contributed by atoms with Crippen LogP contribution in [0.2, 0.25) is 0 Å². The van der Waals surface area contributed by atoms with Gasteiger partial charge in [0.25, 0.3) is 0 Å². The molecule has 1 saturated carbocycles. The van der Waals surface area contributed by atoms with Crippen molar-refractivity contribution in [3.8, 4) is 0 Å². The predicted octanol–water partition coefficient (Wildman–Crippen LogP) is 2.26. The van der Waals surface area contributed by atoms with Crippen LogP contribution in [-0.2, 0) is 0 Å². The Labute approximate surface area is 84.7 Å². The molecule has 0 aromatic carbocycles. The maximum Gasteiger partial charge on any atom is 0.128 e. The number of hydrogen-bond acceptors (Lipinski definition) is 3. The van der Waals surface area contributed by atoms with E-state index in [9.17, 15) is 0 Å². The topological polar surface area (TPSA) is 50.9 Å². The molecule has 2 rings (SSSR count). The van der Waals surface area contributed by atoms with Crippen LogP contribution in [0.5, 0.6) is 0 Å². The van der Waals surface area contributed by atoms with Gasteiger partial charge >= 0.3 is 0 Å². The van der Waals surface area contributed by atoms with E-state index in [2.05, 4.69) is 17.2 Å². The van der Waals surface area contributed by atoms with Crippen molar-refractivity contribution >= 4 is 11.6 Å². The molecule has 2 atom stereocenters. The van der Waals surface area contributed by atoms with Gasteiger partial charge in [0.1, 0.15) is 11.6 Å². The molecule has 1 fully saturated rings. The molecular weight excluding hydrogens is 174 g/mol. The summed E-state index contributed by atoms with van der Waals surface area (Å²) in [7, 11) is 0. The van der Waals surface area contributed by atoms with Crippen molar-refractivity contribution in [3.05, 3.63) is 18.2 Å². The number of aromatic nitrogens is 1. The van der Waals surface area contributed by atoms with Crippen molar-refractivity contribution in [2.75, 3.05) is 11.1 Å². The third-order valence-electron chi connectivity index (χ3n) is 2.69. The normalized spacial score (nSPS) is 24.6. The highest BCUT2D eigenvalue weighted by Crippen LogP contribution is 2.36. The molecule has 1 aliphatic rings. The van der Waals surface area contributed by atoms with Gasteiger partial charge in [-0.05, 0) is 30.9 Å². The van der Waals surface area contributed by atoms with Crippen molar-refractivity contribution in [3.63, 3.8) is 0 Å². The molecule has 1 heterocycles. The summed E-state index contributed by atoms with van der Waals surface area (Å²) >= 11 is 0. The van der Waals surface area contributed by atoms with Gasteiger partial charge in [0.2, 0.25) is 0 Å². The average Bonchev–Trinajstić information content (AvgIpc) is 2.84. The summed E-state index contributed by atoms with van der Waals surface area (Å²) in [6.07, 6.45) is 3.87. The van der Waals surface area contributed by atoms with Gasteiger partial charge in [-0.3, -0.25) is 0 Å². The fraction of sp³-hybridized carbons (Fsp3) is 0.545. The van der Waals surface area contributed by atoms with Gasteiger partial charge in [-0.25, -0.2) is 4.98 Å². The van der Waals surface area contributed by atoms with E-state index in [0.29, 0.717) is 11.9 Å². The molecule has 3 heteroatoms. The van der Waals surface area contributed by atoms with Gasteiger partial charge in [0.15, 0.2) is 0 Å². The van der Waals surface area contributed by atoms with Crippen LogP contribution in [0.25, 0.3) is 0 Å². The minimum absolute atomic E-state index is 0.586. The lowest BCUT2D eigenvalue weighted by Gasteiger charge is -2.04. The maximum atomic E-state index is 5.60. The number of nitrogens with two attached hydrogens (primary N) is 1. The molecule has 0 spiro atoms. The maximum absolute atomic E-state index is 5.60. The van der Waals surface area contributed by atoms with Crippen molar-refractivity contribution in [1.29, 1.82) is 0 Å². The van der Waals surface area contributed by atoms with E-state index in [-0.39, 0.29) is 0 Å². The summed E-state index contributed by atoms with van der Waals surface area (Å²) in [5.74, 6) is 2.35. The molecule has 1 aromatic heterocycles. The molecule has 0 radical (unpaired) electrons. The van der Waals surface area contributed by atoms with Crippen molar-refractivity contribution in [2.45, 2.75) is 32.2 Å². The molecule has 1 aromatic rings. The van der Waals surface area contributed by atoms with Crippen LogP contribution in [0, 0.1) is 5.92 Å². The largest absolute Gasteiger partial charge is 0.384 e. The van der Waals surface area contributed by atoms with E-state index in [1.165, 1.54) is 19.3 Å². The Morgan fingerprint density at radius 2 is 2.43 bits per heavy atom. The lowest BCUT2D eigenvalue weighted by atomic mass is 10.2. The number of pyridine rings is 1. The van der Waals surface area contributed by atoms with E-state index < -0.39 is 0 Å². The van der Waals surface area contributed by atoms with Crippen LogP contribution in [0.3, 0.4) is 0 Å². The van der Waals surface area contributed by atoms with Gasteiger partial charge in [0.05, 0.1) is 0 Å². The van der Waals surface area contributed by atoms with Crippen molar-refractivity contribution in [2.24, 2.45) is 5.92 Å². The van der Waals surface area contributed by atoms with E-state index >= 15 is 0 Å². The summed E-state index contributed by atoms with van der Waals surface area (Å²) in [6, 6.07) is 6.34. The molecule has 3 N–H and O–H groups in total. The van der Waals surface area contributed by atoms with E-state index in [4.69, 9.17) is 5.73 Å². The lowest BCUT2D eigenvalue weighted by Crippen LogP contribution is -2.06. The van der Waals surface area contributed by atoms with Crippen LogP contribution in [0.1, 0.15) is 26.2 Å². The van der Waals surface area contributed by atoms with Gasteiger partial charge in [-0.15, -0.1) is 0 Å². The van der Waals surface area contributed by atoms with Crippen LogP contribution < -0.4 is 11.1 Å². The molecule has 3 nitrogen and oxygen atoms in total. The number of anilines is 2. The van der Waals surface area contributed by atoms with Crippen LogP contribution in [-0.4, -0.2) is 11.0 Å². The summed E-state index contributed by atoms with van der Waals surface area (Å²) in [4.78, 5) is 4.21. The second kappa shape index (κ2) is 3.86. The van der Waals surface area contributed by atoms with Crippen molar-refractivity contribution in [1.82, 2.24) is 4.98 Å². The standard InChI is InChI=1S/C11H17N3/c1-2-4-8-7-9(8)13-11-6-3-5-10(12)14-11/h3,5-6,8-9H,2,4,7H2,1H3,(H3,12,13,14). The fourth-order valence-corrected chi connectivity index (χ4v) is 1.84. The van der Waals surface area contributed by atoms with E-state index in [1.54, 1.807) is 0 Å². The highest BCUT2D eigenvalue weighted by Gasteiger charge is 2.35. The van der Waals surface area contributed by atoms with Gasteiger partial charge in [0, 0.05) is 6.04 Å². The second-order valence-corrected chi connectivity index (χ2v) is 3.98. The Balaban J connectivity index is 1.87. The van der Waals surface area contributed by atoms with Gasteiger partial charge in [-0.2, -0.15) is 0 Å². The first kappa shape index (κ1) is 9.31. The fourth-order valence-electron chi connectivity index (χ4n) is 1.84. The summed E-state index contributed by atoms with van der Waals surface area (Å²) in [5, 5.41) is 3.40. The third kappa shape index (κ3) is 2.16. The van der Waals surface area contributed by atoms with Crippen LogP contribution in [0.15, 0.2) is 18.2 Å². The van der Waals surface area contributed by atoms with Gasteiger partial charge in [-0.1, -0.05) is 19.4 Å². The van der Waals surface area contributed by atoms with E-state index in [0.717, 1.165) is 11.7 Å². The molecule has 0 saturated heterocycles. The minimum atomic E-state index is 0.586. The molecule has 1 aliphatic carbocycles.